The van der Waals surface area contributed by atoms with E-state index < -0.39 is 0 Å². The second-order valence-electron chi connectivity index (χ2n) is 4.93. The van der Waals surface area contributed by atoms with Gasteiger partial charge in [-0.3, -0.25) is 4.79 Å². The molecule has 1 aliphatic carbocycles. The van der Waals surface area contributed by atoms with Crippen LogP contribution in [-0.2, 0) is 0 Å². The van der Waals surface area contributed by atoms with Gasteiger partial charge in [0.05, 0.1) is 0 Å². The number of aromatic nitrogens is 3. The maximum atomic E-state index is 12.4. The van der Waals surface area contributed by atoms with Crippen molar-refractivity contribution in [2.24, 2.45) is 11.0 Å². The molecule has 2 heterocycles. The first-order valence-electron chi connectivity index (χ1n) is 6.64. The standard InChI is InChI=1S/C13H16N4OS2/c1-19-13-16-15-11(10-4-5-10)12(18)17(13)14-7-9-3-2-6-20-8-9/h2,6-7,9-10H,3-5,8H2,1H3/b14-7+. The minimum atomic E-state index is -0.109. The van der Waals surface area contributed by atoms with Crippen LogP contribution in [-0.4, -0.2) is 33.1 Å². The minimum absolute atomic E-state index is 0.109. The maximum Gasteiger partial charge on any atom is 0.297 e. The molecule has 2 aliphatic rings. The second-order valence-corrected chi connectivity index (χ2v) is 6.64. The van der Waals surface area contributed by atoms with Gasteiger partial charge in [0, 0.05) is 23.8 Å². The highest BCUT2D eigenvalue weighted by atomic mass is 32.2. The van der Waals surface area contributed by atoms with Crippen molar-refractivity contribution in [1.82, 2.24) is 14.9 Å². The minimum Gasteiger partial charge on any atom is -0.265 e. The maximum absolute atomic E-state index is 12.4. The Morgan fingerprint density at radius 1 is 1.50 bits per heavy atom. The van der Waals surface area contributed by atoms with Gasteiger partial charge in [-0.2, -0.15) is 9.78 Å². The molecule has 0 N–H and O–H groups in total. The van der Waals surface area contributed by atoms with Crippen LogP contribution in [0.5, 0.6) is 0 Å². The third-order valence-electron chi connectivity index (χ3n) is 3.32. The normalized spacial score (nSPS) is 22.6. The first-order chi connectivity index (χ1) is 9.79. The molecular formula is C13H16N4OS2. The molecule has 0 bridgehead atoms. The van der Waals surface area contributed by atoms with E-state index in [0.29, 0.717) is 22.7 Å². The summed E-state index contributed by atoms with van der Waals surface area (Å²) in [6, 6.07) is 0. The average Bonchev–Trinajstić information content (AvgIpc) is 3.31. The van der Waals surface area contributed by atoms with Crippen LogP contribution in [0.25, 0.3) is 0 Å². The van der Waals surface area contributed by atoms with Gasteiger partial charge in [0.2, 0.25) is 5.16 Å². The molecule has 3 rings (SSSR count). The van der Waals surface area contributed by atoms with Crippen LogP contribution in [0.1, 0.15) is 30.9 Å². The van der Waals surface area contributed by atoms with Crippen molar-refractivity contribution in [3.05, 3.63) is 27.5 Å². The van der Waals surface area contributed by atoms with E-state index in [9.17, 15) is 4.79 Å². The van der Waals surface area contributed by atoms with E-state index in [1.54, 1.807) is 11.8 Å². The van der Waals surface area contributed by atoms with E-state index in [1.807, 2.05) is 12.5 Å². The van der Waals surface area contributed by atoms with Crippen molar-refractivity contribution in [2.75, 3.05) is 12.0 Å². The molecule has 106 valence electrons. The van der Waals surface area contributed by atoms with Crippen LogP contribution in [0.15, 0.2) is 26.5 Å². The number of hydrogen-bond donors (Lipinski definition) is 0. The molecule has 0 radical (unpaired) electrons. The molecule has 0 amide bonds. The smallest absolute Gasteiger partial charge is 0.265 e. The van der Waals surface area contributed by atoms with E-state index in [-0.39, 0.29) is 5.56 Å². The highest BCUT2D eigenvalue weighted by Gasteiger charge is 2.29. The Hall–Kier alpha value is -1.08. The topological polar surface area (TPSA) is 60.1 Å². The SMILES string of the molecule is CSc1nnc(C2CC2)c(=O)n1/N=C/C1CC=CSC1. The number of allylic oxidation sites excluding steroid dienone is 1. The van der Waals surface area contributed by atoms with Crippen molar-refractivity contribution in [1.29, 1.82) is 0 Å². The monoisotopic (exact) mass is 308 g/mol. The Balaban J connectivity index is 1.90. The van der Waals surface area contributed by atoms with Gasteiger partial charge in [0.15, 0.2) is 0 Å². The third-order valence-corrected chi connectivity index (χ3v) is 4.94. The molecule has 1 aromatic rings. The van der Waals surface area contributed by atoms with E-state index in [1.165, 1.54) is 16.4 Å². The van der Waals surface area contributed by atoms with Gasteiger partial charge in [-0.05, 0) is 30.9 Å². The largest absolute Gasteiger partial charge is 0.297 e. The van der Waals surface area contributed by atoms with E-state index >= 15 is 0 Å². The Kier molecular flexibility index (Phi) is 4.26. The zero-order valence-corrected chi connectivity index (χ0v) is 12.9. The Morgan fingerprint density at radius 2 is 2.35 bits per heavy atom. The van der Waals surface area contributed by atoms with Crippen molar-refractivity contribution in [3.63, 3.8) is 0 Å². The first-order valence-corrected chi connectivity index (χ1v) is 8.91. The molecule has 7 heteroatoms. The van der Waals surface area contributed by atoms with Crippen molar-refractivity contribution in [3.8, 4) is 0 Å². The quantitative estimate of drug-likeness (QED) is 0.631. The molecule has 1 saturated carbocycles. The molecule has 1 fully saturated rings. The fraction of sp³-hybridized carbons (Fsp3) is 0.538. The molecular weight excluding hydrogens is 292 g/mol. The van der Waals surface area contributed by atoms with Crippen LogP contribution in [0.2, 0.25) is 0 Å². The summed E-state index contributed by atoms with van der Waals surface area (Å²) in [5.74, 6) is 1.68. The van der Waals surface area contributed by atoms with Crippen LogP contribution in [0.3, 0.4) is 0 Å². The lowest BCUT2D eigenvalue weighted by molar-refractivity contribution is 0.618. The van der Waals surface area contributed by atoms with Crippen LogP contribution >= 0.6 is 23.5 Å². The number of nitrogens with zero attached hydrogens (tertiary/aromatic N) is 4. The first kappa shape index (κ1) is 13.9. The highest BCUT2D eigenvalue weighted by Crippen LogP contribution is 2.37. The Morgan fingerprint density at radius 3 is 3.00 bits per heavy atom. The van der Waals surface area contributed by atoms with Gasteiger partial charge in [-0.25, -0.2) is 0 Å². The lowest BCUT2D eigenvalue weighted by atomic mass is 10.1. The Labute approximate surface area is 125 Å². The Bertz CT molecular complexity index is 607. The fourth-order valence-corrected chi connectivity index (χ4v) is 3.28. The number of hydrogen-bond acceptors (Lipinski definition) is 6. The lowest BCUT2D eigenvalue weighted by Gasteiger charge is -2.12. The van der Waals surface area contributed by atoms with Gasteiger partial charge in [-0.1, -0.05) is 17.8 Å². The van der Waals surface area contributed by atoms with Gasteiger partial charge in [0.1, 0.15) is 5.69 Å². The summed E-state index contributed by atoms with van der Waals surface area (Å²) >= 11 is 3.17. The summed E-state index contributed by atoms with van der Waals surface area (Å²) in [7, 11) is 0. The predicted octanol–water partition coefficient (Wildman–Crippen LogP) is 2.34. The van der Waals surface area contributed by atoms with Gasteiger partial charge in [-0.15, -0.1) is 22.0 Å². The summed E-state index contributed by atoms with van der Waals surface area (Å²) in [6.45, 7) is 0. The van der Waals surface area contributed by atoms with Crippen molar-refractivity contribution >= 4 is 29.7 Å². The van der Waals surface area contributed by atoms with Gasteiger partial charge < -0.3 is 0 Å². The molecule has 20 heavy (non-hydrogen) atoms. The van der Waals surface area contributed by atoms with Crippen LogP contribution in [0.4, 0.5) is 0 Å². The summed E-state index contributed by atoms with van der Waals surface area (Å²) in [5.41, 5.74) is 0.458. The summed E-state index contributed by atoms with van der Waals surface area (Å²) in [5, 5.41) is 15.2. The van der Waals surface area contributed by atoms with Gasteiger partial charge >= 0.3 is 0 Å². The fourth-order valence-electron chi connectivity index (χ4n) is 2.03. The summed E-state index contributed by atoms with van der Waals surface area (Å²) in [6.07, 6.45) is 8.95. The van der Waals surface area contributed by atoms with Crippen LogP contribution in [0, 0.1) is 5.92 Å². The second kappa shape index (κ2) is 6.13. The molecule has 1 atom stereocenters. The number of rotatable bonds is 4. The van der Waals surface area contributed by atoms with Gasteiger partial charge in [0.25, 0.3) is 5.56 Å². The molecule has 0 spiro atoms. The lowest BCUT2D eigenvalue weighted by Crippen LogP contribution is -2.25. The average molecular weight is 308 g/mol. The molecule has 5 nitrogen and oxygen atoms in total. The molecule has 0 aromatic carbocycles. The third kappa shape index (κ3) is 2.98. The molecule has 1 aliphatic heterocycles. The molecule has 1 unspecified atom stereocenters. The van der Waals surface area contributed by atoms with Crippen LogP contribution < -0.4 is 5.56 Å². The molecule has 0 saturated heterocycles. The van der Waals surface area contributed by atoms with E-state index in [0.717, 1.165) is 25.0 Å². The van der Waals surface area contributed by atoms with Crippen molar-refractivity contribution < 1.29 is 0 Å². The summed E-state index contributed by atoms with van der Waals surface area (Å²) < 4.78 is 1.41. The van der Waals surface area contributed by atoms with E-state index in [4.69, 9.17) is 0 Å². The summed E-state index contributed by atoms with van der Waals surface area (Å²) in [4.78, 5) is 12.4. The zero-order valence-electron chi connectivity index (χ0n) is 11.2. The molecule has 1 aromatic heterocycles. The van der Waals surface area contributed by atoms with Crippen molar-refractivity contribution in [2.45, 2.75) is 30.3 Å². The van der Waals surface area contributed by atoms with E-state index in [2.05, 4.69) is 26.8 Å². The number of thioether (sulfide) groups is 2. The highest BCUT2D eigenvalue weighted by molar-refractivity contribution is 8.02. The zero-order chi connectivity index (χ0) is 13.9. The predicted molar refractivity (Wildman–Crippen MR) is 83.6 cm³/mol.